The molecule has 0 spiro atoms. The van der Waals surface area contributed by atoms with Gasteiger partial charge in [-0.05, 0) is 25.1 Å². The van der Waals surface area contributed by atoms with Crippen molar-refractivity contribution in [1.82, 2.24) is 4.98 Å². The molecule has 1 N–H and O–H groups in total. The summed E-state index contributed by atoms with van der Waals surface area (Å²) in [6.45, 7) is 1.82. The Kier molecular flexibility index (Phi) is 3.32. The van der Waals surface area contributed by atoms with Gasteiger partial charge in [0.2, 0.25) is 0 Å². The molecule has 5 heteroatoms. The molecule has 18 heavy (non-hydrogen) atoms. The molecule has 0 atom stereocenters. The molecule has 1 heterocycles. The molecule has 0 aliphatic heterocycles. The highest BCUT2D eigenvalue weighted by molar-refractivity contribution is 6.41. The Hall–Kier alpha value is -2.30. The number of ketones is 1. The first-order valence-corrected chi connectivity index (χ1v) is 5.54. The van der Waals surface area contributed by atoms with Crippen LogP contribution in [-0.2, 0) is 9.53 Å². The lowest BCUT2D eigenvalue weighted by molar-refractivity contribution is -0.137. The Bertz CT molecular complexity index is 600. The molecular weight excluding hydrogens is 234 g/mol. The first kappa shape index (κ1) is 12.2. The van der Waals surface area contributed by atoms with Gasteiger partial charge in [0.25, 0.3) is 5.78 Å². The van der Waals surface area contributed by atoms with Crippen molar-refractivity contribution in [2.24, 2.45) is 0 Å². The average Bonchev–Trinajstić information content (AvgIpc) is 2.85. The van der Waals surface area contributed by atoms with E-state index in [9.17, 15) is 9.59 Å². The highest BCUT2D eigenvalue weighted by Gasteiger charge is 2.23. The van der Waals surface area contributed by atoms with Crippen LogP contribution in [-0.4, -0.2) is 30.5 Å². The number of carbonyl (C=O) groups excluding carboxylic acids is 2. The normalized spacial score (nSPS) is 10.3. The first-order valence-electron chi connectivity index (χ1n) is 5.54. The second kappa shape index (κ2) is 4.91. The number of fused-ring (bicyclic) bond motifs is 1. The third-order valence-corrected chi connectivity index (χ3v) is 2.59. The number of esters is 1. The van der Waals surface area contributed by atoms with Crippen molar-refractivity contribution in [2.75, 3.05) is 13.7 Å². The zero-order chi connectivity index (χ0) is 13.1. The molecule has 0 unspecified atom stereocenters. The van der Waals surface area contributed by atoms with Gasteiger partial charge >= 0.3 is 5.97 Å². The fraction of sp³-hybridized carbons (Fsp3) is 0.231. The van der Waals surface area contributed by atoms with E-state index in [1.807, 2.05) is 0 Å². The molecule has 0 fully saturated rings. The SMILES string of the molecule is CCOC(=O)C(=O)c1ccc2[nH]ccc2c1OC. The van der Waals surface area contributed by atoms with Crippen LogP contribution in [0.25, 0.3) is 10.9 Å². The Labute approximate surface area is 104 Å². The summed E-state index contributed by atoms with van der Waals surface area (Å²) in [7, 11) is 1.46. The van der Waals surface area contributed by atoms with Gasteiger partial charge in [-0.2, -0.15) is 0 Å². The fourth-order valence-electron chi connectivity index (χ4n) is 1.81. The summed E-state index contributed by atoms with van der Waals surface area (Å²) in [5.74, 6) is -1.19. The van der Waals surface area contributed by atoms with E-state index in [1.165, 1.54) is 7.11 Å². The second-order valence-corrected chi connectivity index (χ2v) is 3.63. The van der Waals surface area contributed by atoms with Gasteiger partial charge in [0.15, 0.2) is 0 Å². The number of ether oxygens (including phenoxy) is 2. The van der Waals surface area contributed by atoms with Gasteiger partial charge in [-0.1, -0.05) is 0 Å². The molecule has 1 aromatic carbocycles. The summed E-state index contributed by atoms with van der Waals surface area (Å²) in [4.78, 5) is 26.4. The maximum Gasteiger partial charge on any atom is 0.379 e. The predicted octanol–water partition coefficient (Wildman–Crippen LogP) is 1.92. The smallest absolute Gasteiger partial charge is 0.379 e. The largest absolute Gasteiger partial charge is 0.495 e. The van der Waals surface area contributed by atoms with Crippen molar-refractivity contribution in [3.8, 4) is 5.75 Å². The number of hydrogen-bond acceptors (Lipinski definition) is 4. The van der Waals surface area contributed by atoms with Crippen molar-refractivity contribution in [3.05, 3.63) is 30.0 Å². The molecular formula is C13H13NO4. The van der Waals surface area contributed by atoms with Crippen LogP contribution < -0.4 is 4.74 Å². The standard InChI is InChI=1S/C13H13NO4/c1-3-18-13(16)11(15)9-4-5-10-8(6-7-14-10)12(9)17-2/h4-7,14H,3H2,1-2H3. The summed E-state index contributed by atoms with van der Waals surface area (Å²) in [5, 5.41) is 0.757. The van der Waals surface area contributed by atoms with Gasteiger partial charge in [0, 0.05) is 17.1 Å². The van der Waals surface area contributed by atoms with Gasteiger partial charge in [-0.25, -0.2) is 4.79 Å². The minimum atomic E-state index is -0.870. The van der Waals surface area contributed by atoms with Crippen LogP contribution in [0.4, 0.5) is 0 Å². The fourth-order valence-corrected chi connectivity index (χ4v) is 1.81. The van der Waals surface area contributed by atoms with Crippen molar-refractivity contribution in [2.45, 2.75) is 6.92 Å². The molecule has 1 aromatic heterocycles. The highest BCUT2D eigenvalue weighted by atomic mass is 16.5. The minimum absolute atomic E-state index is 0.166. The number of benzene rings is 1. The van der Waals surface area contributed by atoms with Crippen LogP contribution in [0.1, 0.15) is 17.3 Å². The van der Waals surface area contributed by atoms with Gasteiger partial charge in [0.1, 0.15) is 5.75 Å². The summed E-state index contributed by atoms with van der Waals surface area (Å²) >= 11 is 0. The second-order valence-electron chi connectivity index (χ2n) is 3.63. The zero-order valence-electron chi connectivity index (χ0n) is 10.1. The molecule has 2 rings (SSSR count). The number of nitrogens with one attached hydrogen (secondary N) is 1. The summed E-state index contributed by atoms with van der Waals surface area (Å²) in [6, 6.07) is 5.07. The van der Waals surface area contributed by atoms with E-state index in [-0.39, 0.29) is 12.2 Å². The molecule has 0 aliphatic rings. The Balaban J connectivity index is 2.50. The maximum atomic E-state index is 11.9. The van der Waals surface area contributed by atoms with Crippen molar-refractivity contribution >= 4 is 22.7 Å². The Morgan fingerprint density at radius 1 is 1.28 bits per heavy atom. The topological polar surface area (TPSA) is 68.4 Å². The minimum Gasteiger partial charge on any atom is -0.495 e. The Morgan fingerprint density at radius 3 is 2.72 bits per heavy atom. The third-order valence-electron chi connectivity index (χ3n) is 2.59. The molecule has 0 amide bonds. The highest BCUT2D eigenvalue weighted by Crippen LogP contribution is 2.29. The van der Waals surface area contributed by atoms with E-state index in [0.29, 0.717) is 5.75 Å². The molecule has 5 nitrogen and oxygen atoms in total. The number of H-pyrrole nitrogens is 1. The van der Waals surface area contributed by atoms with E-state index in [0.717, 1.165) is 10.9 Å². The molecule has 0 bridgehead atoms. The zero-order valence-corrected chi connectivity index (χ0v) is 10.1. The number of aromatic amines is 1. The molecule has 0 aliphatic carbocycles. The van der Waals surface area contributed by atoms with Gasteiger partial charge in [-0.3, -0.25) is 4.79 Å². The molecule has 2 aromatic rings. The number of rotatable bonds is 4. The van der Waals surface area contributed by atoms with Crippen LogP contribution in [0, 0.1) is 0 Å². The average molecular weight is 247 g/mol. The van der Waals surface area contributed by atoms with Gasteiger partial charge in [0.05, 0.1) is 19.3 Å². The van der Waals surface area contributed by atoms with Crippen LogP contribution in [0.15, 0.2) is 24.4 Å². The molecule has 94 valence electrons. The van der Waals surface area contributed by atoms with Crippen LogP contribution in [0.2, 0.25) is 0 Å². The van der Waals surface area contributed by atoms with Gasteiger partial charge in [-0.15, -0.1) is 0 Å². The molecule has 0 saturated heterocycles. The van der Waals surface area contributed by atoms with E-state index in [1.54, 1.807) is 31.3 Å². The number of hydrogen-bond donors (Lipinski definition) is 1. The van der Waals surface area contributed by atoms with Crippen LogP contribution in [0.3, 0.4) is 0 Å². The van der Waals surface area contributed by atoms with Crippen LogP contribution in [0.5, 0.6) is 5.75 Å². The number of Topliss-reactive ketones (excluding diaryl/α,β-unsaturated/α-hetero) is 1. The molecule has 0 radical (unpaired) electrons. The predicted molar refractivity (Wildman–Crippen MR) is 65.8 cm³/mol. The van der Waals surface area contributed by atoms with Crippen LogP contribution >= 0.6 is 0 Å². The van der Waals surface area contributed by atoms with Crippen molar-refractivity contribution < 1.29 is 19.1 Å². The lowest BCUT2D eigenvalue weighted by atomic mass is 10.1. The lowest BCUT2D eigenvalue weighted by Crippen LogP contribution is -2.18. The van der Waals surface area contributed by atoms with E-state index in [2.05, 4.69) is 4.98 Å². The summed E-state index contributed by atoms with van der Waals surface area (Å²) in [6.07, 6.45) is 1.74. The number of carbonyl (C=O) groups is 2. The number of aromatic nitrogens is 1. The molecule has 0 saturated carbocycles. The summed E-state index contributed by atoms with van der Waals surface area (Å²) in [5.41, 5.74) is 1.05. The monoisotopic (exact) mass is 247 g/mol. The Morgan fingerprint density at radius 2 is 2.06 bits per heavy atom. The van der Waals surface area contributed by atoms with E-state index in [4.69, 9.17) is 9.47 Å². The summed E-state index contributed by atoms with van der Waals surface area (Å²) < 4.78 is 9.92. The van der Waals surface area contributed by atoms with E-state index >= 15 is 0 Å². The van der Waals surface area contributed by atoms with E-state index < -0.39 is 11.8 Å². The first-order chi connectivity index (χ1) is 8.69. The van der Waals surface area contributed by atoms with Gasteiger partial charge < -0.3 is 14.5 Å². The lowest BCUT2D eigenvalue weighted by Gasteiger charge is -2.08. The third kappa shape index (κ3) is 1.95. The maximum absolute atomic E-state index is 11.9. The van der Waals surface area contributed by atoms with Crippen molar-refractivity contribution in [3.63, 3.8) is 0 Å². The van der Waals surface area contributed by atoms with Crippen molar-refractivity contribution in [1.29, 1.82) is 0 Å². The number of methoxy groups -OCH3 is 1. The quantitative estimate of drug-likeness (QED) is 0.509.